The number of hydrogen-bond acceptors (Lipinski definition) is 4. The van der Waals surface area contributed by atoms with E-state index in [1.807, 2.05) is 6.92 Å². The predicted molar refractivity (Wildman–Crippen MR) is 51.8 cm³/mol. The average molecular weight is 200 g/mol. The molecular weight excluding hydrogens is 184 g/mol. The van der Waals surface area contributed by atoms with Crippen LogP contribution in [0.3, 0.4) is 0 Å². The van der Waals surface area contributed by atoms with E-state index in [2.05, 4.69) is 10.6 Å². The van der Waals surface area contributed by atoms with Gasteiger partial charge >= 0.3 is 0 Å². The van der Waals surface area contributed by atoms with Gasteiger partial charge in [0.1, 0.15) is 0 Å². The fourth-order valence-electron chi connectivity index (χ4n) is 1.07. The summed E-state index contributed by atoms with van der Waals surface area (Å²) in [4.78, 5) is 32.2. The fourth-order valence-corrected chi connectivity index (χ4v) is 1.07. The van der Waals surface area contributed by atoms with Crippen LogP contribution in [-0.4, -0.2) is 37.6 Å². The van der Waals surface area contributed by atoms with E-state index in [9.17, 15) is 14.4 Å². The number of carbonyl (C=O) groups excluding carboxylic acids is 3. The van der Waals surface area contributed by atoms with Crippen molar-refractivity contribution < 1.29 is 14.4 Å². The lowest BCUT2D eigenvalue weighted by Gasteiger charge is -2.10. The zero-order chi connectivity index (χ0) is 11.0. The summed E-state index contributed by atoms with van der Waals surface area (Å²) in [6.07, 6.45) is 0.873. The minimum absolute atomic E-state index is 0.105. The molecular formula is C9H16N2O3. The molecule has 0 aliphatic heterocycles. The first kappa shape index (κ1) is 12.8. The van der Waals surface area contributed by atoms with Crippen molar-refractivity contribution in [2.75, 3.05) is 13.6 Å². The highest BCUT2D eigenvalue weighted by Gasteiger charge is 2.16. The van der Waals surface area contributed by atoms with Crippen molar-refractivity contribution in [2.24, 2.45) is 0 Å². The van der Waals surface area contributed by atoms with Crippen LogP contribution in [0, 0.1) is 0 Å². The number of amides is 1. The molecule has 0 rings (SSSR count). The van der Waals surface area contributed by atoms with Gasteiger partial charge in [-0.15, -0.1) is 0 Å². The number of rotatable bonds is 7. The summed E-state index contributed by atoms with van der Waals surface area (Å²) < 4.78 is 0. The highest BCUT2D eigenvalue weighted by Crippen LogP contribution is 1.97. The van der Waals surface area contributed by atoms with Gasteiger partial charge in [0.2, 0.25) is 11.7 Å². The summed E-state index contributed by atoms with van der Waals surface area (Å²) in [5.41, 5.74) is 0. The number of Topliss-reactive ketones (excluding diaryl/α,β-unsaturated/α-hetero) is 1. The summed E-state index contributed by atoms with van der Waals surface area (Å²) in [5, 5.41) is 5.30. The van der Waals surface area contributed by atoms with Crippen molar-refractivity contribution in [1.29, 1.82) is 0 Å². The largest absolute Gasteiger partial charge is 0.356 e. The molecule has 0 bridgehead atoms. The van der Waals surface area contributed by atoms with Crippen molar-refractivity contribution in [3.63, 3.8) is 0 Å². The minimum atomic E-state index is -0.546. The highest BCUT2D eigenvalue weighted by molar-refractivity contribution is 6.27. The predicted octanol–water partition coefficient (Wildman–Crippen LogP) is -0.741. The Hall–Kier alpha value is -1.23. The number of hydrogen-bond donors (Lipinski definition) is 2. The average Bonchev–Trinajstić information content (AvgIpc) is 2.18. The van der Waals surface area contributed by atoms with Gasteiger partial charge in [-0.2, -0.15) is 0 Å². The number of nitrogens with one attached hydrogen (secondary N) is 2. The van der Waals surface area contributed by atoms with E-state index in [0.29, 0.717) is 13.0 Å². The van der Waals surface area contributed by atoms with Crippen molar-refractivity contribution in [3.05, 3.63) is 0 Å². The Morgan fingerprint density at radius 2 is 2.07 bits per heavy atom. The molecule has 0 aliphatic carbocycles. The number of likely N-dealkylation sites (N-methyl/N-ethyl adjacent to an activating group) is 1. The second-order valence-corrected chi connectivity index (χ2v) is 2.85. The lowest BCUT2D eigenvalue weighted by Crippen LogP contribution is -2.36. The van der Waals surface area contributed by atoms with E-state index < -0.39 is 11.8 Å². The van der Waals surface area contributed by atoms with Crippen molar-refractivity contribution in [1.82, 2.24) is 10.6 Å². The Labute approximate surface area is 83.2 Å². The zero-order valence-corrected chi connectivity index (χ0v) is 8.50. The quantitative estimate of drug-likeness (QED) is 0.419. The van der Waals surface area contributed by atoms with Gasteiger partial charge in [-0.1, -0.05) is 0 Å². The Morgan fingerprint density at radius 3 is 2.50 bits per heavy atom. The van der Waals surface area contributed by atoms with Crippen LogP contribution in [0.5, 0.6) is 0 Å². The maximum absolute atomic E-state index is 11.0. The van der Waals surface area contributed by atoms with Crippen LogP contribution in [0.2, 0.25) is 0 Å². The standard InChI is InChI=1S/C9H16N2O3/c1-3-11-9(14)5-4-7(10-2)8(13)6-12/h6-7,10H,3-5H2,1-2H3,(H,11,14). The van der Waals surface area contributed by atoms with E-state index >= 15 is 0 Å². The molecule has 0 fully saturated rings. The van der Waals surface area contributed by atoms with Crippen LogP contribution in [0.25, 0.3) is 0 Å². The summed E-state index contributed by atoms with van der Waals surface area (Å²) in [6, 6.07) is -0.546. The second-order valence-electron chi connectivity index (χ2n) is 2.85. The van der Waals surface area contributed by atoms with Crippen LogP contribution in [0.15, 0.2) is 0 Å². The molecule has 0 saturated heterocycles. The van der Waals surface area contributed by atoms with Gasteiger partial charge in [0, 0.05) is 13.0 Å². The third-order valence-corrected chi connectivity index (χ3v) is 1.84. The number of carbonyl (C=O) groups is 3. The van der Waals surface area contributed by atoms with Crippen LogP contribution >= 0.6 is 0 Å². The third-order valence-electron chi connectivity index (χ3n) is 1.84. The summed E-state index contributed by atoms with van der Waals surface area (Å²) in [7, 11) is 1.59. The maximum Gasteiger partial charge on any atom is 0.220 e. The Kier molecular flexibility index (Phi) is 6.57. The van der Waals surface area contributed by atoms with Gasteiger partial charge in [-0.3, -0.25) is 14.4 Å². The molecule has 0 spiro atoms. The molecule has 5 heteroatoms. The summed E-state index contributed by atoms with van der Waals surface area (Å²) in [6.45, 7) is 2.40. The summed E-state index contributed by atoms with van der Waals surface area (Å²) in [5.74, 6) is -0.622. The van der Waals surface area contributed by atoms with E-state index in [0.717, 1.165) is 0 Å². The molecule has 5 nitrogen and oxygen atoms in total. The molecule has 2 N–H and O–H groups in total. The van der Waals surface area contributed by atoms with Crippen molar-refractivity contribution >= 4 is 18.0 Å². The van der Waals surface area contributed by atoms with Crippen molar-refractivity contribution in [2.45, 2.75) is 25.8 Å². The normalized spacial score (nSPS) is 11.9. The monoisotopic (exact) mass is 200 g/mol. The van der Waals surface area contributed by atoms with E-state index in [-0.39, 0.29) is 18.6 Å². The van der Waals surface area contributed by atoms with E-state index in [4.69, 9.17) is 0 Å². The van der Waals surface area contributed by atoms with E-state index in [1.165, 1.54) is 0 Å². The van der Waals surface area contributed by atoms with Gasteiger partial charge in [0.25, 0.3) is 0 Å². The molecule has 1 atom stereocenters. The van der Waals surface area contributed by atoms with Crippen LogP contribution < -0.4 is 10.6 Å². The van der Waals surface area contributed by atoms with Gasteiger partial charge in [0.05, 0.1) is 6.04 Å². The number of aldehydes is 1. The first-order chi connectivity index (χ1) is 6.65. The fraction of sp³-hybridized carbons (Fsp3) is 0.667. The van der Waals surface area contributed by atoms with Crippen LogP contribution in [0.4, 0.5) is 0 Å². The molecule has 0 aromatic carbocycles. The lowest BCUT2D eigenvalue weighted by molar-refractivity contribution is -0.131. The van der Waals surface area contributed by atoms with E-state index in [1.54, 1.807) is 7.05 Å². The van der Waals surface area contributed by atoms with Gasteiger partial charge < -0.3 is 10.6 Å². The molecule has 14 heavy (non-hydrogen) atoms. The smallest absolute Gasteiger partial charge is 0.220 e. The Balaban J connectivity index is 3.89. The highest BCUT2D eigenvalue weighted by atomic mass is 16.2. The Morgan fingerprint density at radius 1 is 1.43 bits per heavy atom. The lowest BCUT2D eigenvalue weighted by atomic mass is 10.1. The molecule has 1 unspecified atom stereocenters. The van der Waals surface area contributed by atoms with Crippen molar-refractivity contribution in [3.8, 4) is 0 Å². The van der Waals surface area contributed by atoms with Gasteiger partial charge in [-0.25, -0.2) is 0 Å². The molecule has 0 aliphatic rings. The van der Waals surface area contributed by atoms with Crippen LogP contribution in [-0.2, 0) is 14.4 Å². The third kappa shape index (κ3) is 4.71. The Bertz CT molecular complexity index is 216. The summed E-state index contributed by atoms with van der Waals surface area (Å²) >= 11 is 0. The van der Waals surface area contributed by atoms with Crippen LogP contribution in [0.1, 0.15) is 19.8 Å². The molecule has 0 heterocycles. The minimum Gasteiger partial charge on any atom is -0.356 e. The molecule has 0 aromatic heterocycles. The molecule has 1 amide bonds. The zero-order valence-electron chi connectivity index (χ0n) is 8.50. The molecule has 0 radical (unpaired) electrons. The first-order valence-corrected chi connectivity index (χ1v) is 4.58. The SMILES string of the molecule is CCNC(=O)CCC(NC)C(=O)C=O. The molecule has 0 saturated carbocycles. The van der Waals surface area contributed by atoms with Gasteiger partial charge in [-0.05, 0) is 20.4 Å². The topological polar surface area (TPSA) is 75.3 Å². The molecule has 0 aromatic rings. The van der Waals surface area contributed by atoms with Gasteiger partial charge in [0.15, 0.2) is 6.29 Å². The first-order valence-electron chi connectivity index (χ1n) is 4.58. The molecule has 80 valence electrons. The second kappa shape index (κ2) is 7.20. The number of ketones is 1. The maximum atomic E-state index is 11.0.